The number of benzene rings is 2. The number of hydrogen-bond acceptors (Lipinski definition) is 6. The number of rotatable bonds is 5. The predicted octanol–water partition coefficient (Wildman–Crippen LogP) is 4.87. The molecule has 0 amide bonds. The van der Waals surface area contributed by atoms with Gasteiger partial charge in [0.2, 0.25) is 0 Å². The molecule has 184 valence electrons. The molecule has 36 heavy (non-hydrogen) atoms. The highest BCUT2D eigenvalue weighted by Crippen LogP contribution is 2.41. The van der Waals surface area contributed by atoms with Crippen LogP contribution in [0, 0.1) is 6.92 Å². The van der Waals surface area contributed by atoms with Gasteiger partial charge in [-0.3, -0.25) is 14.7 Å². The van der Waals surface area contributed by atoms with Crippen LogP contribution in [0.5, 0.6) is 5.75 Å². The number of hydrogen-bond donors (Lipinski definition) is 0. The summed E-state index contributed by atoms with van der Waals surface area (Å²) < 4.78 is 6.25. The molecule has 0 spiro atoms. The van der Waals surface area contributed by atoms with Gasteiger partial charge in [0.05, 0.1) is 16.9 Å². The van der Waals surface area contributed by atoms with Crippen molar-refractivity contribution in [2.24, 2.45) is 0 Å². The van der Waals surface area contributed by atoms with E-state index < -0.39 is 0 Å². The number of para-hydroxylation sites is 1. The standard InChI is InChI=1S/C30H32N4O2/c1-21-11-12-25-26(31-21)8-4-9-27(25)33-18-16-32(17-19-33)15-13-23-6-3-10-28-30(23)36-20-29-24(22(2)35)7-5-14-34(28)29/h3-6,8-12,14H,7,13,15-20H2,1-2H3. The van der Waals surface area contributed by atoms with E-state index in [1.807, 2.05) is 6.92 Å². The molecule has 0 saturated carbocycles. The van der Waals surface area contributed by atoms with Crippen LogP contribution in [0.1, 0.15) is 24.6 Å². The average Bonchev–Trinajstić information content (AvgIpc) is 2.91. The molecule has 4 heterocycles. The molecule has 6 rings (SSSR count). The summed E-state index contributed by atoms with van der Waals surface area (Å²) in [6.07, 6.45) is 5.77. The van der Waals surface area contributed by atoms with Crippen molar-refractivity contribution in [1.29, 1.82) is 0 Å². The molecule has 1 fully saturated rings. The molecule has 2 aromatic carbocycles. The molecule has 0 unspecified atom stereocenters. The smallest absolute Gasteiger partial charge is 0.157 e. The number of piperazine rings is 1. The highest BCUT2D eigenvalue weighted by atomic mass is 16.5. The van der Waals surface area contributed by atoms with E-state index in [1.54, 1.807) is 6.92 Å². The molecular formula is C30H32N4O2. The predicted molar refractivity (Wildman–Crippen MR) is 145 cm³/mol. The zero-order chi connectivity index (χ0) is 24.6. The largest absolute Gasteiger partial charge is 0.485 e. The summed E-state index contributed by atoms with van der Waals surface area (Å²) in [4.78, 5) is 24.0. The molecule has 0 N–H and O–H groups in total. The summed E-state index contributed by atoms with van der Waals surface area (Å²) >= 11 is 0. The maximum absolute atomic E-state index is 12.1. The zero-order valence-corrected chi connectivity index (χ0v) is 21.0. The normalized spacial score (nSPS) is 17.7. The van der Waals surface area contributed by atoms with Crippen LogP contribution in [0.2, 0.25) is 0 Å². The van der Waals surface area contributed by atoms with Crippen molar-refractivity contribution in [1.82, 2.24) is 9.88 Å². The summed E-state index contributed by atoms with van der Waals surface area (Å²) in [6, 6.07) is 17.1. The third-order valence-electron chi connectivity index (χ3n) is 7.59. The first kappa shape index (κ1) is 22.8. The Hall–Kier alpha value is -3.64. The summed E-state index contributed by atoms with van der Waals surface area (Å²) in [6.45, 7) is 9.23. The molecule has 1 aromatic heterocycles. The van der Waals surface area contributed by atoms with E-state index in [2.05, 4.69) is 75.5 Å². The number of ketones is 1. The van der Waals surface area contributed by atoms with Gasteiger partial charge in [-0.2, -0.15) is 0 Å². The van der Waals surface area contributed by atoms with E-state index >= 15 is 0 Å². The third kappa shape index (κ3) is 4.16. The summed E-state index contributed by atoms with van der Waals surface area (Å²) in [5.41, 5.74) is 7.50. The van der Waals surface area contributed by atoms with Crippen molar-refractivity contribution in [2.75, 3.05) is 49.1 Å². The van der Waals surface area contributed by atoms with Crippen molar-refractivity contribution < 1.29 is 9.53 Å². The lowest BCUT2D eigenvalue weighted by Gasteiger charge is -2.37. The van der Waals surface area contributed by atoms with Crippen molar-refractivity contribution in [3.8, 4) is 5.75 Å². The minimum atomic E-state index is 0.122. The quantitative estimate of drug-likeness (QED) is 0.520. The van der Waals surface area contributed by atoms with E-state index in [0.717, 1.165) is 73.1 Å². The van der Waals surface area contributed by atoms with Gasteiger partial charge in [0.25, 0.3) is 0 Å². The van der Waals surface area contributed by atoms with Gasteiger partial charge < -0.3 is 14.5 Å². The maximum atomic E-state index is 12.1. The van der Waals surface area contributed by atoms with Gasteiger partial charge in [-0.25, -0.2) is 0 Å². The van der Waals surface area contributed by atoms with Crippen LogP contribution in [0.3, 0.4) is 0 Å². The minimum Gasteiger partial charge on any atom is -0.485 e. The molecule has 0 atom stereocenters. The molecule has 3 aliphatic rings. The first-order valence-electron chi connectivity index (χ1n) is 12.9. The van der Waals surface area contributed by atoms with Crippen molar-refractivity contribution >= 4 is 28.1 Å². The summed E-state index contributed by atoms with van der Waals surface area (Å²) in [5.74, 6) is 1.07. The molecule has 0 aliphatic carbocycles. The number of fused-ring (bicyclic) bond motifs is 4. The number of aryl methyl sites for hydroxylation is 1. The number of nitrogens with zero attached hydrogens (tertiary/aromatic N) is 4. The molecule has 1 saturated heterocycles. The van der Waals surface area contributed by atoms with Gasteiger partial charge in [-0.1, -0.05) is 24.3 Å². The number of pyridine rings is 1. The second kappa shape index (κ2) is 9.43. The van der Waals surface area contributed by atoms with E-state index in [1.165, 1.54) is 16.6 Å². The van der Waals surface area contributed by atoms with Crippen molar-refractivity contribution in [3.63, 3.8) is 0 Å². The Morgan fingerprint density at radius 3 is 2.64 bits per heavy atom. The third-order valence-corrected chi connectivity index (χ3v) is 7.59. The average molecular weight is 481 g/mol. The van der Waals surface area contributed by atoms with Gasteiger partial charge in [-0.05, 0) is 62.6 Å². The van der Waals surface area contributed by atoms with Crippen LogP contribution in [-0.2, 0) is 11.2 Å². The van der Waals surface area contributed by atoms with Crippen LogP contribution < -0.4 is 14.5 Å². The zero-order valence-electron chi connectivity index (χ0n) is 21.0. The molecule has 3 aliphatic heterocycles. The van der Waals surface area contributed by atoms with Gasteiger partial charge in [0.15, 0.2) is 5.78 Å². The lowest BCUT2D eigenvalue weighted by Crippen LogP contribution is -2.47. The lowest BCUT2D eigenvalue weighted by atomic mass is 9.99. The Kier molecular flexibility index (Phi) is 5.97. The van der Waals surface area contributed by atoms with E-state index in [9.17, 15) is 4.79 Å². The van der Waals surface area contributed by atoms with Gasteiger partial charge in [-0.15, -0.1) is 0 Å². The summed E-state index contributed by atoms with van der Waals surface area (Å²) in [7, 11) is 0. The summed E-state index contributed by atoms with van der Waals surface area (Å²) in [5, 5.41) is 1.23. The van der Waals surface area contributed by atoms with E-state index in [-0.39, 0.29) is 5.78 Å². The number of anilines is 2. The maximum Gasteiger partial charge on any atom is 0.157 e. The van der Waals surface area contributed by atoms with Crippen LogP contribution in [-0.4, -0.2) is 55.0 Å². The first-order valence-corrected chi connectivity index (χ1v) is 12.9. The molecule has 0 bridgehead atoms. The van der Waals surface area contributed by atoms with E-state index in [0.29, 0.717) is 13.0 Å². The number of allylic oxidation sites excluding steroid dienone is 2. The highest BCUT2D eigenvalue weighted by Gasteiger charge is 2.29. The topological polar surface area (TPSA) is 48.9 Å². The Morgan fingerprint density at radius 2 is 1.81 bits per heavy atom. The number of carbonyl (C=O) groups excluding carboxylic acids is 1. The number of aromatic nitrogens is 1. The van der Waals surface area contributed by atoms with Crippen molar-refractivity contribution in [2.45, 2.75) is 26.7 Å². The fourth-order valence-electron chi connectivity index (χ4n) is 5.63. The second-order valence-electron chi connectivity index (χ2n) is 9.87. The Bertz CT molecular complexity index is 1380. The molecule has 3 aromatic rings. The Morgan fingerprint density at radius 1 is 1.00 bits per heavy atom. The fraction of sp³-hybridized carbons (Fsp3) is 0.333. The van der Waals surface area contributed by atoms with Crippen LogP contribution in [0.4, 0.5) is 11.4 Å². The fourth-order valence-corrected chi connectivity index (χ4v) is 5.63. The van der Waals surface area contributed by atoms with Crippen LogP contribution >= 0.6 is 0 Å². The Labute approximate surface area is 212 Å². The van der Waals surface area contributed by atoms with Gasteiger partial charge >= 0.3 is 0 Å². The molecule has 6 nitrogen and oxygen atoms in total. The minimum absolute atomic E-state index is 0.122. The SMILES string of the molecule is CC(=O)C1=C2COc3c(CCN4CCN(c5cccc6nc(C)ccc56)CC4)cccc3N2C=CC1. The van der Waals surface area contributed by atoms with Crippen LogP contribution in [0.15, 0.2) is 72.1 Å². The van der Waals surface area contributed by atoms with Crippen molar-refractivity contribution in [3.05, 3.63) is 83.3 Å². The molecule has 6 heteroatoms. The number of Topliss-reactive ketones (excluding diaryl/α,β-unsaturated/α-hetero) is 1. The van der Waals surface area contributed by atoms with Gasteiger partial charge in [0, 0.05) is 61.3 Å². The molecule has 0 radical (unpaired) electrons. The Balaban J connectivity index is 1.13. The molecular weight excluding hydrogens is 448 g/mol. The van der Waals surface area contributed by atoms with E-state index in [4.69, 9.17) is 9.72 Å². The highest BCUT2D eigenvalue weighted by molar-refractivity contribution is 5.96. The second-order valence-corrected chi connectivity index (χ2v) is 9.87. The van der Waals surface area contributed by atoms with Crippen LogP contribution in [0.25, 0.3) is 10.9 Å². The van der Waals surface area contributed by atoms with Gasteiger partial charge in [0.1, 0.15) is 12.4 Å². The first-order chi connectivity index (χ1) is 17.6. The number of ether oxygens (including phenoxy) is 1. The lowest BCUT2D eigenvalue weighted by molar-refractivity contribution is -0.113. The number of carbonyl (C=O) groups is 1. The monoisotopic (exact) mass is 480 g/mol.